The van der Waals surface area contributed by atoms with Crippen molar-refractivity contribution in [1.82, 2.24) is 0 Å². The highest BCUT2D eigenvalue weighted by Crippen LogP contribution is 2.36. The number of rotatable bonds is 4. The van der Waals surface area contributed by atoms with Crippen molar-refractivity contribution in [1.29, 1.82) is 0 Å². The van der Waals surface area contributed by atoms with Crippen LogP contribution in [0, 0.1) is 10.1 Å². The van der Waals surface area contributed by atoms with E-state index in [1.807, 2.05) is 31.7 Å². The van der Waals surface area contributed by atoms with Crippen molar-refractivity contribution in [3.05, 3.63) is 69.8 Å². The number of nitrogens with zero attached hydrogens (tertiary/aromatic N) is 2. The molecule has 1 heterocycles. The summed E-state index contributed by atoms with van der Waals surface area (Å²) in [5, 5.41) is 11.7. The van der Waals surface area contributed by atoms with Crippen molar-refractivity contribution < 1.29 is 14.5 Å². The standard InChI is InChI=1S/C20H22N2O4/c1-14-20(2,3)26-12-11-21(14)17-10-9-16(13-18(17)22(24)25)19(23)15-7-5-4-6-8-15/h4-10,13-14H,11-12H2,1-3H3/t14-/m1/s1. The topological polar surface area (TPSA) is 72.7 Å². The van der Waals surface area contributed by atoms with Gasteiger partial charge in [0.15, 0.2) is 5.78 Å². The molecule has 0 N–H and O–H groups in total. The molecule has 0 aromatic heterocycles. The Morgan fingerprint density at radius 3 is 2.54 bits per heavy atom. The van der Waals surface area contributed by atoms with E-state index in [1.165, 1.54) is 6.07 Å². The van der Waals surface area contributed by atoms with Crippen LogP contribution in [0.15, 0.2) is 48.5 Å². The minimum Gasteiger partial charge on any atom is -0.372 e. The highest BCUT2D eigenvalue weighted by atomic mass is 16.6. The number of ketones is 1. The molecule has 1 saturated heterocycles. The maximum atomic E-state index is 12.6. The van der Waals surface area contributed by atoms with Gasteiger partial charge in [-0.1, -0.05) is 30.3 Å². The molecule has 0 amide bonds. The van der Waals surface area contributed by atoms with Gasteiger partial charge in [0.05, 0.1) is 23.2 Å². The zero-order valence-corrected chi connectivity index (χ0v) is 15.1. The fourth-order valence-corrected chi connectivity index (χ4v) is 3.24. The average Bonchev–Trinajstić information content (AvgIpc) is 2.63. The van der Waals surface area contributed by atoms with Crippen LogP contribution in [-0.4, -0.2) is 35.5 Å². The van der Waals surface area contributed by atoms with E-state index in [1.54, 1.807) is 36.4 Å². The smallest absolute Gasteiger partial charge is 0.293 e. The van der Waals surface area contributed by atoms with Crippen molar-refractivity contribution in [2.75, 3.05) is 18.1 Å². The number of nitro benzene ring substituents is 1. The summed E-state index contributed by atoms with van der Waals surface area (Å²) in [5.74, 6) is -0.226. The molecule has 0 bridgehead atoms. The van der Waals surface area contributed by atoms with Crippen molar-refractivity contribution in [3.63, 3.8) is 0 Å². The first-order chi connectivity index (χ1) is 12.3. The van der Waals surface area contributed by atoms with Gasteiger partial charge < -0.3 is 9.64 Å². The van der Waals surface area contributed by atoms with Crippen LogP contribution in [0.1, 0.15) is 36.7 Å². The average molecular weight is 354 g/mol. The van der Waals surface area contributed by atoms with Crippen LogP contribution in [0.25, 0.3) is 0 Å². The number of carbonyl (C=O) groups is 1. The highest BCUT2D eigenvalue weighted by molar-refractivity contribution is 6.09. The largest absolute Gasteiger partial charge is 0.372 e. The van der Waals surface area contributed by atoms with Gasteiger partial charge in [-0.05, 0) is 32.9 Å². The van der Waals surface area contributed by atoms with E-state index in [0.717, 1.165) is 0 Å². The molecule has 2 aromatic rings. The molecule has 6 nitrogen and oxygen atoms in total. The molecule has 26 heavy (non-hydrogen) atoms. The Morgan fingerprint density at radius 1 is 1.19 bits per heavy atom. The van der Waals surface area contributed by atoms with Crippen molar-refractivity contribution in [2.45, 2.75) is 32.4 Å². The summed E-state index contributed by atoms with van der Waals surface area (Å²) in [5.41, 5.74) is 0.868. The lowest BCUT2D eigenvalue weighted by molar-refractivity contribution is -0.384. The predicted octanol–water partition coefficient (Wildman–Crippen LogP) is 3.83. The van der Waals surface area contributed by atoms with Gasteiger partial charge in [0.2, 0.25) is 0 Å². The zero-order chi connectivity index (χ0) is 18.9. The van der Waals surface area contributed by atoms with E-state index < -0.39 is 10.5 Å². The van der Waals surface area contributed by atoms with Gasteiger partial charge in [-0.15, -0.1) is 0 Å². The van der Waals surface area contributed by atoms with Crippen LogP contribution in [0.5, 0.6) is 0 Å². The monoisotopic (exact) mass is 354 g/mol. The van der Waals surface area contributed by atoms with Gasteiger partial charge in [0.25, 0.3) is 5.69 Å². The van der Waals surface area contributed by atoms with Gasteiger partial charge in [0, 0.05) is 23.7 Å². The lowest BCUT2D eigenvalue weighted by atomic mass is 9.95. The molecule has 0 saturated carbocycles. The summed E-state index contributed by atoms with van der Waals surface area (Å²) in [6, 6.07) is 13.4. The summed E-state index contributed by atoms with van der Waals surface area (Å²) in [6.07, 6.45) is 0. The van der Waals surface area contributed by atoms with Gasteiger partial charge in [-0.2, -0.15) is 0 Å². The van der Waals surface area contributed by atoms with Gasteiger partial charge in [0.1, 0.15) is 5.69 Å². The fraction of sp³-hybridized carbons (Fsp3) is 0.350. The third-order valence-corrected chi connectivity index (χ3v) is 5.06. The Kier molecular flexibility index (Phi) is 4.78. The molecule has 0 spiro atoms. The SMILES string of the molecule is C[C@H]1N(c2ccc(C(=O)c3ccccc3)cc2[N+](=O)[O-])CCOC1(C)C. The lowest BCUT2D eigenvalue weighted by Gasteiger charge is -2.45. The molecular formula is C20H22N2O4. The van der Waals surface area contributed by atoms with Gasteiger partial charge >= 0.3 is 0 Å². The van der Waals surface area contributed by atoms with Crippen molar-refractivity contribution >= 4 is 17.2 Å². The second kappa shape index (κ2) is 6.88. The summed E-state index contributed by atoms with van der Waals surface area (Å²) in [6.45, 7) is 7.01. The molecule has 1 aliphatic heterocycles. The lowest BCUT2D eigenvalue weighted by Crippen LogP contribution is -2.55. The van der Waals surface area contributed by atoms with Crippen LogP contribution in [0.2, 0.25) is 0 Å². The highest BCUT2D eigenvalue weighted by Gasteiger charge is 2.38. The number of carbonyl (C=O) groups excluding carboxylic acids is 1. The molecule has 0 aliphatic carbocycles. The Morgan fingerprint density at radius 2 is 1.88 bits per heavy atom. The number of nitro groups is 1. The van der Waals surface area contributed by atoms with Gasteiger partial charge in [-0.3, -0.25) is 14.9 Å². The minimum atomic E-state index is -0.424. The number of morpholine rings is 1. The first kappa shape index (κ1) is 18.1. The van der Waals surface area contributed by atoms with Crippen LogP contribution >= 0.6 is 0 Å². The Labute approximate surface area is 152 Å². The van der Waals surface area contributed by atoms with E-state index >= 15 is 0 Å². The third kappa shape index (κ3) is 3.32. The number of anilines is 1. The predicted molar refractivity (Wildman–Crippen MR) is 99.8 cm³/mol. The minimum absolute atomic E-state index is 0.0365. The first-order valence-corrected chi connectivity index (χ1v) is 8.60. The maximum absolute atomic E-state index is 12.6. The summed E-state index contributed by atoms with van der Waals surface area (Å²) in [4.78, 5) is 25.9. The fourth-order valence-electron chi connectivity index (χ4n) is 3.24. The number of ether oxygens (including phenoxy) is 1. The Bertz CT molecular complexity index is 833. The molecule has 3 rings (SSSR count). The Balaban J connectivity index is 2.00. The molecular weight excluding hydrogens is 332 g/mol. The van der Waals surface area contributed by atoms with Crippen LogP contribution in [0.3, 0.4) is 0 Å². The quantitative estimate of drug-likeness (QED) is 0.474. The zero-order valence-electron chi connectivity index (χ0n) is 15.1. The summed E-state index contributed by atoms with van der Waals surface area (Å²) in [7, 11) is 0. The van der Waals surface area contributed by atoms with Crippen LogP contribution in [0.4, 0.5) is 11.4 Å². The molecule has 0 unspecified atom stereocenters. The number of hydrogen-bond donors (Lipinski definition) is 0. The van der Waals surface area contributed by atoms with Crippen LogP contribution < -0.4 is 4.90 Å². The number of hydrogen-bond acceptors (Lipinski definition) is 5. The number of benzene rings is 2. The summed E-state index contributed by atoms with van der Waals surface area (Å²) < 4.78 is 5.78. The first-order valence-electron chi connectivity index (χ1n) is 8.60. The Hall–Kier alpha value is -2.73. The van der Waals surface area contributed by atoms with Crippen molar-refractivity contribution in [3.8, 4) is 0 Å². The summed E-state index contributed by atoms with van der Waals surface area (Å²) >= 11 is 0. The van der Waals surface area contributed by atoms with E-state index in [0.29, 0.717) is 30.0 Å². The second-order valence-electron chi connectivity index (χ2n) is 6.98. The van der Waals surface area contributed by atoms with E-state index in [-0.39, 0.29) is 17.5 Å². The van der Waals surface area contributed by atoms with E-state index in [2.05, 4.69) is 0 Å². The normalized spacial score (nSPS) is 19.2. The maximum Gasteiger partial charge on any atom is 0.293 e. The van der Waals surface area contributed by atoms with Gasteiger partial charge in [-0.25, -0.2) is 0 Å². The molecule has 1 fully saturated rings. The molecule has 1 atom stereocenters. The molecule has 0 radical (unpaired) electrons. The molecule has 136 valence electrons. The van der Waals surface area contributed by atoms with E-state index in [4.69, 9.17) is 4.74 Å². The molecule has 1 aliphatic rings. The van der Waals surface area contributed by atoms with Crippen LogP contribution in [-0.2, 0) is 4.74 Å². The third-order valence-electron chi connectivity index (χ3n) is 5.06. The second-order valence-corrected chi connectivity index (χ2v) is 6.98. The van der Waals surface area contributed by atoms with E-state index in [9.17, 15) is 14.9 Å². The molecule has 2 aromatic carbocycles. The molecule has 6 heteroatoms. The van der Waals surface area contributed by atoms with Crippen molar-refractivity contribution in [2.24, 2.45) is 0 Å².